The second-order valence-electron chi connectivity index (χ2n) is 4.23. The predicted molar refractivity (Wildman–Crippen MR) is 81.5 cm³/mol. The van der Waals surface area contributed by atoms with Crippen molar-refractivity contribution in [3.05, 3.63) is 52.6 Å². The summed E-state index contributed by atoms with van der Waals surface area (Å²) in [5.41, 5.74) is 1.56. The molecule has 0 aliphatic heterocycles. The third kappa shape index (κ3) is 2.42. The number of methoxy groups -OCH3 is 1. The molecule has 3 rings (SSSR count). The van der Waals surface area contributed by atoms with Gasteiger partial charge >= 0.3 is 0 Å². The summed E-state index contributed by atoms with van der Waals surface area (Å²) >= 11 is 12.2. The standard InChI is InChI=1S/C15H10Cl2N2O/c1-20-11-4-2-3-9(7-11)15-18-13-8-10(16)5-6-12(13)14(17)19-15/h2-8H,1H3. The molecule has 1 heterocycles. The van der Waals surface area contributed by atoms with Gasteiger partial charge in [0.15, 0.2) is 5.82 Å². The number of hydrogen-bond acceptors (Lipinski definition) is 3. The second-order valence-corrected chi connectivity index (χ2v) is 5.03. The summed E-state index contributed by atoms with van der Waals surface area (Å²) in [7, 11) is 1.62. The van der Waals surface area contributed by atoms with Crippen molar-refractivity contribution in [2.75, 3.05) is 7.11 Å². The largest absolute Gasteiger partial charge is 0.497 e. The van der Waals surface area contributed by atoms with Gasteiger partial charge in [0.1, 0.15) is 10.9 Å². The first-order valence-electron chi connectivity index (χ1n) is 5.94. The van der Waals surface area contributed by atoms with E-state index in [1.54, 1.807) is 19.2 Å². The van der Waals surface area contributed by atoms with Crippen LogP contribution in [0.5, 0.6) is 5.75 Å². The van der Waals surface area contributed by atoms with Crippen LogP contribution in [0.15, 0.2) is 42.5 Å². The van der Waals surface area contributed by atoms with Crippen LogP contribution in [0.1, 0.15) is 0 Å². The number of fused-ring (bicyclic) bond motifs is 1. The van der Waals surface area contributed by atoms with Gasteiger partial charge < -0.3 is 4.74 Å². The number of nitrogens with zero attached hydrogens (tertiary/aromatic N) is 2. The van der Waals surface area contributed by atoms with Gasteiger partial charge in [-0.15, -0.1) is 0 Å². The maximum absolute atomic E-state index is 6.21. The fourth-order valence-corrected chi connectivity index (χ4v) is 2.36. The fourth-order valence-electron chi connectivity index (χ4n) is 1.96. The Bertz CT molecular complexity index is 790. The van der Waals surface area contributed by atoms with Gasteiger partial charge in [0.05, 0.1) is 12.6 Å². The van der Waals surface area contributed by atoms with Crippen LogP contribution in [-0.4, -0.2) is 17.1 Å². The van der Waals surface area contributed by atoms with E-state index in [2.05, 4.69) is 9.97 Å². The molecular formula is C15H10Cl2N2O. The Morgan fingerprint density at radius 1 is 1.00 bits per heavy atom. The van der Waals surface area contributed by atoms with E-state index in [0.717, 1.165) is 22.2 Å². The molecule has 0 fully saturated rings. The normalized spacial score (nSPS) is 10.8. The van der Waals surface area contributed by atoms with Crippen LogP contribution in [0.2, 0.25) is 10.2 Å². The fraction of sp³-hybridized carbons (Fsp3) is 0.0667. The van der Waals surface area contributed by atoms with Crippen LogP contribution >= 0.6 is 23.2 Å². The zero-order valence-corrected chi connectivity index (χ0v) is 12.1. The molecule has 5 heteroatoms. The first kappa shape index (κ1) is 13.2. The Hall–Kier alpha value is -1.84. The van der Waals surface area contributed by atoms with E-state index in [1.165, 1.54) is 0 Å². The molecule has 0 saturated carbocycles. The van der Waals surface area contributed by atoms with E-state index in [-0.39, 0.29) is 0 Å². The van der Waals surface area contributed by atoms with Crippen molar-refractivity contribution >= 4 is 34.1 Å². The molecule has 0 aliphatic rings. The third-order valence-electron chi connectivity index (χ3n) is 2.94. The Kier molecular flexibility index (Phi) is 3.47. The molecule has 100 valence electrons. The first-order valence-corrected chi connectivity index (χ1v) is 6.70. The summed E-state index contributed by atoms with van der Waals surface area (Å²) < 4.78 is 5.20. The Morgan fingerprint density at radius 3 is 2.65 bits per heavy atom. The van der Waals surface area contributed by atoms with Crippen LogP contribution in [0.25, 0.3) is 22.3 Å². The molecule has 20 heavy (non-hydrogen) atoms. The lowest BCUT2D eigenvalue weighted by Gasteiger charge is -2.06. The zero-order chi connectivity index (χ0) is 14.1. The summed E-state index contributed by atoms with van der Waals surface area (Å²) in [6.45, 7) is 0. The van der Waals surface area contributed by atoms with Crippen molar-refractivity contribution in [3.8, 4) is 17.1 Å². The van der Waals surface area contributed by atoms with Crippen LogP contribution in [0.4, 0.5) is 0 Å². The lowest BCUT2D eigenvalue weighted by Crippen LogP contribution is -1.92. The molecule has 3 aromatic rings. The van der Waals surface area contributed by atoms with Gasteiger partial charge in [-0.05, 0) is 30.3 Å². The molecule has 0 N–H and O–H groups in total. The Balaban J connectivity index is 2.20. The summed E-state index contributed by atoms with van der Waals surface area (Å²) in [5.74, 6) is 1.29. The molecule has 0 radical (unpaired) electrons. The number of rotatable bonds is 2. The molecule has 1 aromatic heterocycles. The Labute approximate surface area is 126 Å². The van der Waals surface area contributed by atoms with Gasteiger partial charge in [-0.3, -0.25) is 0 Å². The van der Waals surface area contributed by atoms with Gasteiger partial charge in [0.2, 0.25) is 0 Å². The van der Waals surface area contributed by atoms with E-state index in [4.69, 9.17) is 27.9 Å². The van der Waals surface area contributed by atoms with Crippen molar-refractivity contribution in [1.82, 2.24) is 9.97 Å². The average Bonchev–Trinajstić information content (AvgIpc) is 2.46. The maximum atomic E-state index is 6.21. The first-order chi connectivity index (χ1) is 9.67. The highest BCUT2D eigenvalue weighted by Crippen LogP contribution is 2.28. The summed E-state index contributed by atoms with van der Waals surface area (Å²) in [6.07, 6.45) is 0. The van der Waals surface area contributed by atoms with Crippen LogP contribution in [-0.2, 0) is 0 Å². The van der Waals surface area contributed by atoms with E-state index >= 15 is 0 Å². The molecule has 0 bridgehead atoms. The molecule has 2 aromatic carbocycles. The molecule has 3 nitrogen and oxygen atoms in total. The van der Waals surface area contributed by atoms with Gasteiger partial charge in [0, 0.05) is 16.0 Å². The van der Waals surface area contributed by atoms with Gasteiger partial charge in [-0.1, -0.05) is 35.3 Å². The summed E-state index contributed by atoms with van der Waals surface area (Å²) in [6, 6.07) is 12.9. The van der Waals surface area contributed by atoms with E-state index < -0.39 is 0 Å². The van der Waals surface area contributed by atoms with Crippen molar-refractivity contribution in [2.45, 2.75) is 0 Å². The lowest BCUT2D eigenvalue weighted by atomic mass is 10.2. The third-order valence-corrected chi connectivity index (χ3v) is 3.46. The molecule has 0 unspecified atom stereocenters. The lowest BCUT2D eigenvalue weighted by molar-refractivity contribution is 0.415. The van der Waals surface area contributed by atoms with Crippen molar-refractivity contribution < 1.29 is 4.74 Å². The Morgan fingerprint density at radius 2 is 1.85 bits per heavy atom. The van der Waals surface area contributed by atoms with Crippen molar-refractivity contribution in [1.29, 1.82) is 0 Å². The number of aromatic nitrogens is 2. The maximum Gasteiger partial charge on any atom is 0.161 e. The minimum atomic E-state index is 0.407. The van der Waals surface area contributed by atoms with E-state index in [9.17, 15) is 0 Å². The van der Waals surface area contributed by atoms with Crippen molar-refractivity contribution in [3.63, 3.8) is 0 Å². The molecule has 0 amide bonds. The predicted octanol–water partition coefficient (Wildman–Crippen LogP) is 4.61. The van der Waals surface area contributed by atoms with Crippen LogP contribution in [0, 0.1) is 0 Å². The summed E-state index contributed by atoms with van der Waals surface area (Å²) in [5, 5.41) is 1.80. The SMILES string of the molecule is COc1cccc(-c2nc(Cl)c3ccc(Cl)cc3n2)c1. The molecular weight excluding hydrogens is 295 g/mol. The minimum Gasteiger partial charge on any atom is -0.497 e. The van der Waals surface area contributed by atoms with Crippen LogP contribution < -0.4 is 4.74 Å². The quantitative estimate of drug-likeness (QED) is 0.648. The molecule has 0 spiro atoms. The average molecular weight is 305 g/mol. The summed E-state index contributed by atoms with van der Waals surface area (Å²) in [4.78, 5) is 8.84. The topological polar surface area (TPSA) is 35.0 Å². The number of halogens is 2. The van der Waals surface area contributed by atoms with Gasteiger partial charge in [-0.2, -0.15) is 0 Å². The second kappa shape index (κ2) is 5.27. The van der Waals surface area contributed by atoms with E-state index in [0.29, 0.717) is 16.0 Å². The van der Waals surface area contributed by atoms with E-state index in [1.807, 2.05) is 30.3 Å². The highest BCUT2D eigenvalue weighted by atomic mass is 35.5. The molecule has 0 saturated heterocycles. The smallest absolute Gasteiger partial charge is 0.161 e. The van der Waals surface area contributed by atoms with Gasteiger partial charge in [-0.25, -0.2) is 9.97 Å². The zero-order valence-electron chi connectivity index (χ0n) is 10.6. The number of hydrogen-bond donors (Lipinski definition) is 0. The monoisotopic (exact) mass is 304 g/mol. The van der Waals surface area contributed by atoms with Crippen LogP contribution in [0.3, 0.4) is 0 Å². The highest BCUT2D eigenvalue weighted by molar-refractivity contribution is 6.35. The highest BCUT2D eigenvalue weighted by Gasteiger charge is 2.09. The number of benzene rings is 2. The van der Waals surface area contributed by atoms with Gasteiger partial charge in [0.25, 0.3) is 0 Å². The molecule has 0 aliphatic carbocycles. The van der Waals surface area contributed by atoms with Crippen molar-refractivity contribution in [2.24, 2.45) is 0 Å². The minimum absolute atomic E-state index is 0.407. The molecule has 0 atom stereocenters. The number of ether oxygens (including phenoxy) is 1.